The summed E-state index contributed by atoms with van der Waals surface area (Å²) >= 11 is 0. The predicted molar refractivity (Wildman–Crippen MR) is 127 cm³/mol. The minimum absolute atomic E-state index is 0.0139. The lowest BCUT2D eigenvalue weighted by molar-refractivity contribution is -0.149. The number of hydrogen-bond donors (Lipinski definition) is 2. The number of carbonyl (C=O) groups is 2. The third-order valence-corrected chi connectivity index (χ3v) is 5.46. The van der Waals surface area contributed by atoms with E-state index >= 15 is 0 Å². The lowest BCUT2D eigenvalue weighted by Crippen LogP contribution is -2.38. The maximum absolute atomic E-state index is 12.7. The Kier molecular flexibility index (Phi) is 21.0. The van der Waals surface area contributed by atoms with Crippen LogP contribution < -0.4 is 5.32 Å². The molecule has 1 unspecified atom stereocenters. The molecule has 32 heavy (non-hydrogen) atoms. The molecule has 0 saturated carbocycles. The van der Waals surface area contributed by atoms with Crippen LogP contribution in [0.2, 0.25) is 0 Å². The SMILES string of the molecule is CCCCCN1CC(OCOCCCNC)C[C@H]1C(=O)OCCCCCCC(C)=O.CO. The highest BCUT2D eigenvalue weighted by Gasteiger charge is 2.38. The van der Waals surface area contributed by atoms with Crippen molar-refractivity contribution in [3.05, 3.63) is 0 Å². The molecule has 8 nitrogen and oxygen atoms in total. The van der Waals surface area contributed by atoms with Crippen LogP contribution in [-0.2, 0) is 23.8 Å². The summed E-state index contributed by atoms with van der Waals surface area (Å²) in [6, 6.07) is -0.214. The minimum Gasteiger partial charge on any atom is -0.465 e. The maximum Gasteiger partial charge on any atom is 0.323 e. The summed E-state index contributed by atoms with van der Waals surface area (Å²) in [5, 5.41) is 10.1. The summed E-state index contributed by atoms with van der Waals surface area (Å²) in [5.41, 5.74) is 0. The second-order valence-corrected chi connectivity index (χ2v) is 8.26. The van der Waals surface area contributed by atoms with Gasteiger partial charge in [-0.05, 0) is 52.7 Å². The van der Waals surface area contributed by atoms with Gasteiger partial charge in [-0.2, -0.15) is 0 Å². The molecule has 0 radical (unpaired) electrons. The molecule has 1 aliphatic rings. The summed E-state index contributed by atoms with van der Waals surface area (Å²) in [7, 11) is 2.93. The summed E-state index contributed by atoms with van der Waals surface area (Å²) in [6.45, 7) is 7.81. The number of nitrogens with zero attached hydrogens (tertiary/aromatic N) is 1. The van der Waals surface area contributed by atoms with Crippen molar-refractivity contribution in [1.29, 1.82) is 0 Å². The average Bonchev–Trinajstić information content (AvgIpc) is 3.19. The number of ether oxygens (including phenoxy) is 3. The van der Waals surface area contributed by atoms with Gasteiger partial charge in [-0.25, -0.2) is 0 Å². The van der Waals surface area contributed by atoms with E-state index in [1.165, 1.54) is 6.42 Å². The third-order valence-electron chi connectivity index (χ3n) is 5.46. The first kappa shape index (κ1) is 30.9. The molecule has 2 N–H and O–H groups in total. The first-order valence-electron chi connectivity index (χ1n) is 12.3. The van der Waals surface area contributed by atoms with Gasteiger partial charge in [0, 0.05) is 26.5 Å². The fourth-order valence-electron chi connectivity index (χ4n) is 3.69. The summed E-state index contributed by atoms with van der Waals surface area (Å²) < 4.78 is 17.0. The van der Waals surface area contributed by atoms with Gasteiger partial charge in [0.15, 0.2) is 0 Å². The number of unbranched alkanes of at least 4 members (excludes halogenated alkanes) is 5. The largest absolute Gasteiger partial charge is 0.465 e. The zero-order chi connectivity index (χ0) is 24.0. The molecule has 0 aromatic heterocycles. The maximum atomic E-state index is 12.7. The average molecular weight is 461 g/mol. The number of hydrogen-bond acceptors (Lipinski definition) is 8. The molecular weight excluding hydrogens is 412 g/mol. The van der Waals surface area contributed by atoms with Gasteiger partial charge in [-0.15, -0.1) is 0 Å². The number of likely N-dealkylation sites (tertiary alicyclic amines) is 1. The molecule has 1 heterocycles. The Balaban J connectivity index is 0.00000466. The van der Waals surface area contributed by atoms with E-state index in [2.05, 4.69) is 17.1 Å². The Morgan fingerprint density at radius 3 is 2.47 bits per heavy atom. The molecule has 0 amide bonds. The standard InChI is InChI=1S/C23H44N2O5.CH4O/c1-4-5-9-14-25-18-21(30-19-28-15-11-13-24-3)17-22(25)23(27)29-16-10-7-6-8-12-20(2)26;1-2/h21-22,24H,4-19H2,1-3H3;2H,1H3/t21?,22-;/m0./s1. The van der Waals surface area contributed by atoms with Crippen molar-refractivity contribution in [2.24, 2.45) is 0 Å². The molecule has 2 atom stereocenters. The molecule has 0 aromatic rings. The van der Waals surface area contributed by atoms with Crippen LogP contribution >= 0.6 is 0 Å². The summed E-state index contributed by atoms with van der Waals surface area (Å²) in [6.07, 6.45) is 9.47. The Morgan fingerprint density at radius 2 is 1.78 bits per heavy atom. The molecule has 0 aliphatic carbocycles. The highest BCUT2D eigenvalue weighted by Crippen LogP contribution is 2.22. The molecule has 0 aromatic carbocycles. The van der Waals surface area contributed by atoms with Crippen LogP contribution in [0.15, 0.2) is 0 Å². The fraction of sp³-hybridized carbons (Fsp3) is 0.917. The van der Waals surface area contributed by atoms with E-state index in [0.29, 0.717) is 26.1 Å². The van der Waals surface area contributed by atoms with E-state index in [1.54, 1.807) is 6.92 Å². The zero-order valence-corrected chi connectivity index (χ0v) is 20.9. The molecule has 1 saturated heterocycles. The van der Waals surface area contributed by atoms with Crippen LogP contribution in [0.3, 0.4) is 0 Å². The number of nitrogens with one attached hydrogen (secondary N) is 1. The van der Waals surface area contributed by atoms with Gasteiger partial charge in [0.25, 0.3) is 0 Å². The minimum atomic E-state index is -0.214. The van der Waals surface area contributed by atoms with E-state index < -0.39 is 0 Å². The lowest BCUT2D eigenvalue weighted by Gasteiger charge is -2.22. The smallest absolute Gasteiger partial charge is 0.323 e. The quantitative estimate of drug-likeness (QED) is 0.173. The molecule has 0 spiro atoms. The number of Topliss-reactive ketones (excluding diaryl/α,β-unsaturated/α-hetero) is 1. The van der Waals surface area contributed by atoms with Crippen molar-refractivity contribution in [3.8, 4) is 0 Å². The predicted octanol–water partition coefficient (Wildman–Crippen LogP) is 2.91. The Hall–Kier alpha value is -1.06. The topological polar surface area (TPSA) is 97.3 Å². The third kappa shape index (κ3) is 15.7. The van der Waals surface area contributed by atoms with Crippen LogP contribution in [0.5, 0.6) is 0 Å². The Labute approximate surface area is 195 Å². The number of aliphatic hydroxyl groups excluding tert-OH is 1. The van der Waals surface area contributed by atoms with Crippen LogP contribution in [0, 0.1) is 0 Å². The van der Waals surface area contributed by atoms with Crippen molar-refractivity contribution in [3.63, 3.8) is 0 Å². The Bertz CT molecular complexity index is 464. The number of carbonyl (C=O) groups excluding carboxylic acids is 2. The van der Waals surface area contributed by atoms with Crippen LogP contribution in [-0.4, -0.2) is 87.7 Å². The molecule has 8 heteroatoms. The number of ketones is 1. The van der Waals surface area contributed by atoms with Crippen molar-refractivity contribution in [2.75, 3.05) is 53.8 Å². The molecule has 1 rings (SSSR count). The van der Waals surface area contributed by atoms with Crippen molar-refractivity contribution in [1.82, 2.24) is 10.2 Å². The highest BCUT2D eigenvalue weighted by molar-refractivity contribution is 5.76. The van der Waals surface area contributed by atoms with E-state index in [-0.39, 0.29) is 30.7 Å². The van der Waals surface area contributed by atoms with Crippen molar-refractivity contribution >= 4 is 11.8 Å². The summed E-state index contributed by atoms with van der Waals surface area (Å²) in [4.78, 5) is 25.8. The molecule has 0 bridgehead atoms. The molecule has 1 aliphatic heterocycles. The number of esters is 1. The Morgan fingerprint density at radius 1 is 1.03 bits per heavy atom. The van der Waals surface area contributed by atoms with Crippen molar-refractivity contribution < 1.29 is 28.9 Å². The van der Waals surface area contributed by atoms with Crippen LogP contribution in [0.1, 0.15) is 78.1 Å². The van der Waals surface area contributed by atoms with E-state index in [1.807, 2.05) is 7.05 Å². The first-order chi connectivity index (χ1) is 15.6. The van der Waals surface area contributed by atoms with Gasteiger partial charge in [0.2, 0.25) is 0 Å². The second-order valence-electron chi connectivity index (χ2n) is 8.26. The van der Waals surface area contributed by atoms with Gasteiger partial charge < -0.3 is 29.4 Å². The number of aliphatic hydroxyl groups is 1. The zero-order valence-electron chi connectivity index (χ0n) is 20.9. The summed E-state index contributed by atoms with van der Waals surface area (Å²) in [5.74, 6) is 0.113. The van der Waals surface area contributed by atoms with Gasteiger partial charge in [-0.1, -0.05) is 32.6 Å². The van der Waals surface area contributed by atoms with Crippen molar-refractivity contribution in [2.45, 2.75) is 90.2 Å². The molecule has 190 valence electrons. The van der Waals surface area contributed by atoms with Gasteiger partial charge in [0.1, 0.15) is 18.6 Å². The second kappa shape index (κ2) is 21.8. The van der Waals surface area contributed by atoms with Gasteiger partial charge >= 0.3 is 5.97 Å². The van der Waals surface area contributed by atoms with Gasteiger partial charge in [-0.3, -0.25) is 9.69 Å². The van der Waals surface area contributed by atoms with E-state index in [0.717, 1.165) is 71.7 Å². The first-order valence-corrected chi connectivity index (χ1v) is 12.3. The van der Waals surface area contributed by atoms with Crippen LogP contribution in [0.25, 0.3) is 0 Å². The molecule has 1 fully saturated rings. The molecular formula is C24H48N2O6. The number of rotatable bonds is 19. The normalized spacial score (nSPS) is 18.3. The highest BCUT2D eigenvalue weighted by atomic mass is 16.7. The van der Waals surface area contributed by atoms with E-state index in [4.69, 9.17) is 19.3 Å². The van der Waals surface area contributed by atoms with E-state index in [9.17, 15) is 9.59 Å². The van der Waals surface area contributed by atoms with Gasteiger partial charge in [0.05, 0.1) is 19.3 Å². The monoisotopic (exact) mass is 460 g/mol. The van der Waals surface area contributed by atoms with Crippen LogP contribution in [0.4, 0.5) is 0 Å². The fourth-order valence-corrected chi connectivity index (χ4v) is 3.69. The lowest BCUT2D eigenvalue weighted by atomic mass is 10.1.